The largest absolute Gasteiger partial charge is 0.360 e. The van der Waals surface area contributed by atoms with Gasteiger partial charge in [-0.05, 0) is 30.3 Å². The van der Waals surface area contributed by atoms with E-state index in [0.29, 0.717) is 11.6 Å². The summed E-state index contributed by atoms with van der Waals surface area (Å²) in [6.07, 6.45) is 1.15. The third kappa shape index (κ3) is 2.80. The highest BCUT2D eigenvalue weighted by molar-refractivity contribution is 6.05. The van der Waals surface area contributed by atoms with Gasteiger partial charge in [-0.3, -0.25) is 9.59 Å². The summed E-state index contributed by atoms with van der Waals surface area (Å²) in [6.45, 7) is 0. The number of aromatic amines is 1. The number of carbonyl (C=O) groups is 1. The number of hydrogen-bond donors (Lipinski definition) is 2. The maximum absolute atomic E-state index is 13.5. The van der Waals surface area contributed by atoms with Gasteiger partial charge in [0.05, 0.1) is 5.69 Å². The van der Waals surface area contributed by atoms with Crippen molar-refractivity contribution in [1.29, 1.82) is 0 Å². The van der Waals surface area contributed by atoms with Gasteiger partial charge in [-0.15, -0.1) is 0 Å². The number of anilines is 1. The number of hydrogen-bond acceptors (Lipinski definition) is 2. The molecule has 3 aromatic rings. The van der Waals surface area contributed by atoms with Crippen molar-refractivity contribution in [3.63, 3.8) is 0 Å². The highest BCUT2D eigenvalue weighted by atomic mass is 19.1. The van der Waals surface area contributed by atoms with Crippen LogP contribution in [-0.2, 0) is 0 Å². The Morgan fingerprint density at radius 2 is 1.70 bits per heavy atom. The van der Waals surface area contributed by atoms with Crippen LogP contribution in [0.2, 0.25) is 0 Å². The Morgan fingerprint density at radius 3 is 2.43 bits per heavy atom. The number of aromatic nitrogens is 1. The Bertz CT molecular complexity index is 983. The van der Waals surface area contributed by atoms with E-state index in [0.717, 1.165) is 24.4 Å². The number of H-pyrrole nitrogens is 1. The third-order valence-electron chi connectivity index (χ3n) is 3.27. The molecule has 0 radical (unpaired) electrons. The van der Waals surface area contributed by atoms with Gasteiger partial charge >= 0.3 is 0 Å². The van der Waals surface area contributed by atoms with Crippen LogP contribution < -0.4 is 10.7 Å². The maximum Gasteiger partial charge on any atom is 0.261 e. The summed E-state index contributed by atoms with van der Waals surface area (Å²) in [5, 5.41) is 2.18. The number of carbonyl (C=O) groups excluding carboxylic acids is 1. The van der Waals surface area contributed by atoms with E-state index in [1.807, 2.05) is 0 Å². The van der Waals surface area contributed by atoms with Crippen molar-refractivity contribution < 1.29 is 18.0 Å². The summed E-state index contributed by atoms with van der Waals surface area (Å²) in [6, 6.07) is 6.16. The van der Waals surface area contributed by atoms with Crippen LogP contribution in [0, 0.1) is 17.5 Å². The average molecular weight is 318 g/mol. The highest BCUT2D eigenvalue weighted by Crippen LogP contribution is 2.16. The molecule has 2 aromatic carbocycles. The molecule has 0 atom stereocenters. The lowest BCUT2D eigenvalue weighted by atomic mass is 10.1. The van der Waals surface area contributed by atoms with Crippen molar-refractivity contribution in [3.8, 4) is 0 Å². The van der Waals surface area contributed by atoms with Crippen LogP contribution >= 0.6 is 0 Å². The summed E-state index contributed by atoms with van der Waals surface area (Å²) in [5.41, 5.74) is -0.916. The van der Waals surface area contributed by atoms with Crippen LogP contribution in [0.15, 0.2) is 47.4 Å². The first-order valence-electron chi connectivity index (χ1n) is 6.53. The molecule has 2 N–H and O–H groups in total. The fraction of sp³-hybridized carbons (Fsp3) is 0. The normalized spacial score (nSPS) is 10.7. The predicted molar refractivity (Wildman–Crippen MR) is 78.8 cm³/mol. The van der Waals surface area contributed by atoms with Gasteiger partial charge in [-0.1, -0.05) is 0 Å². The topological polar surface area (TPSA) is 62.0 Å². The molecule has 1 amide bonds. The lowest BCUT2D eigenvalue weighted by Crippen LogP contribution is -2.22. The zero-order valence-electron chi connectivity index (χ0n) is 11.5. The number of amides is 1. The van der Waals surface area contributed by atoms with Gasteiger partial charge in [-0.2, -0.15) is 0 Å². The molecule has 23 heavy (non-hydrogen) atoms. The molecule has 0 aliphatic rings. The molecule has 0 aliphatic carbocycles. The molecule has 0 saturated carbocycles. The number of benzene rings is 2. The third-order valence-corrected chi connectivity index (χ3v) is 3.27. The van der Waals surface area contributed by atoms with Crippen molar-refractivity contribution in [2.75, 3.05) is 5.32 Å². The molecule has 116 valence electrons. The first kappa shape index (κ1) is 14.8. The van der Waals surface area contributed by atoms with E-state index >= 15 is 0 Å². The van der Waals surface area contributed by atoms with E-state index in [4.69, 9.17) is 0 Å². The Labute approximate surface area is 127 Å². The second kappa shape index (κ2) is 5.60. The molecule has 0 fully saturated rings. The lowest BCUT2D eigenvalue weighted by Gasteiger charge is -2.07. The van der Waals surface area contributed by atoms with Crippen molar-refractivity contribution in [2.24, 2.45) is 0 Å². The molecule has 0 bridgehead atoms. The standard InChI is InChI=1S/C16H9F3N2O2/c17-8-1-3-13-10(5-8)15(22)11(7-20-13)16(23)21-14-4-2-9(18)6-12(14)19/h1-7H,(H,20,22)(H,21,23). The van der Waals surface area contributed by atoms with Crippen LogP contribution in [0.5, 0.6) is 0 Å². The smallest absolute Gasteiger partial charge is 0.261 e. The molecular formula is C16H9F3N2O2. The second-order valence-corrected chi connectivity index (χ2v) is 4.80. The van der Waals surface area contributed by atoms with Gasteiger partial charge in [0.15, 0.2) is 0 Å². The van der Waals surface area contributed by atoms with Gasteiger partial charge in [0, 0.05) is 23.2 Å². The van der Waals surface area contributed by atoms with Gasteiger partial charge < -0.3 is 10.3 Å². The first-order valence-corrected chi connectivity index (χ1v) is 6.53. The van der Waals surface area contributed by atoms with E-state index < -0.39 is 28.8 Å². The quantitative estimate of drug-likeness (QED) is 0.762. The molecule has 0 aliphatic heterocycles. The van der Waals surface area contributed by atoms with Crippen molar-refractivity contribution in [2.45, 2.75) is 0 Å². The molecule has 4 nitrogen and oxygen atoms in total. The van der Waals surface area contributed by atoms with Crippen molar-refractivity contribution >= 4 is 22.5 Å². The Hall–Kier alpha value is -3.09. The van der Waals surface area contributed by atoms with Crippen LogP contribution in [0.25, 0.3) is 10.9 Å². The Kier molecular flexibility index (Phi) is 3.61. The molecule has 3 rings (SSSR count). The number of rotatable bonds is 2. The molecule has 0 spiro atoms. The number of halogens is 3. The summed E-state index contributed by atoms with van der Waals surface area (Å²) >= 11 is 0. The van der Waals surface area contributed by atoms with Crippen LogP contribution in [0.3, 0.4) is 0 Å². The Balaban J connectivity index is 2.01. The lowest BCUT2D eigenvalue weighted by molar-refractivity contribution is 0.102. The van der Waals surface area contributed by atoms with Gasteiger partial charge in [-0.25, -0.2) is 13.2 Å². The molecule has 0 unspecified atom stereocenters. The molecule has 1 heterocycles. The molecule has 7 heteroatoms. The minimum atomic E-state index is -0.971. The fourth-order valence-corrected chi connectivity index (χ4v) is 2.14. The van der Waals surface area contributed by atoms with Gasteiger partial charge in [0.2, 0.25) is 5.43 Å². The summed E-state index contributed by atoms with van der Waals surface area (Å²) in [7, 11) is 0. The molecular weight excluding hydrogens is 309 g/mol. The van der Waals surface area contributed by atoms with Crippen LogP contribution in [-0.4, -0.2) is 10.9 Å². The average Bonchev–Trinajstić information content (AvgIpc) is 2.51. The van der Waals surface area contributed by atoms with E-state index in [1.165, 1.54) is 12.1 Å². The highest BCUT2D eigenvalue weighted by Gasteiger charge is 2.15. The van der Waals surface area contributed by atoms with E-state index in [9.17, 15) is 22.8 Å². The van der Waals surface area contributed by atoms with Crippen LogP contribution in [0.4, 0.5) is 18.9 Å². The minimum Gasteiger partial charge on any atom is -0.360 e. The first-order chi connectivity index (χ1) is 11.0. The summed E-state index contributed by atoms with van der Waals surface area (Å²) in [4.78, 5) is 27.1. The van der Waals surface area contributed by atoms with E-state index in [1.54, 1.807) is 0 Å². The SMILES string of the molecule is O=C(Nc1ccc(F)cc1F)c1c[nH]c2ccc(F)cc2c1=O. The zero-order chi connectivity index (χ0) is 16.6. The Morgan fingerprint density at radius 1 is 1.00 bits per heavy atom. The van der Waals surface area contributed by atoms with Gasteiger partial charge in [0.1, 0.15) is 23.0 Å². The fourth-order valence-electron chi connectivity index (χ4n) is 2.14. The summed E-state index contributed by atoms with van der Waals surface area (Å²) in [5.74, 6) is -3.27. The van der Waals surface area contributed by atoms with Crippen LogP contribution in [0.1, 0.15) is 10.4 Å². The minimum absolute atomic E-state index is 0.00257. The van der Waals surface area contributed by atoms with Gasteiger partial charge in [0.25, 0.3) is 5.91 Å². The monoisotopic (exact) mass is 318 g/mol. The van der Waals surface area contributed by atoms with Crippen molar-refractivity contribution in [3.05, 3.63) is 75.8 Å². The number of nitrogens with one attached hydrogen (secondary N) is 2. The molecule has 1 aromatic heterocycles. The van der Waals surface area contributed by atoms with E-state index in [2.05, 4.69) is 10.3 Å². The maximum atomic E-state index is 13.5. The second-order valence-electron chi connectivity index (χ2n) is 4.80. The summed E-state index contributed by atoms with van der Waals surface area (Å²) < 4.78 is 39.6. The van der Waals surface area contributed by atoms with E-state index in [-0.39, 0.29) is 16.6 Å². The number of pyridine rings is 1. The van der Waals surface area contributed by atoms with Crippen molar-refractivity contribution in [1.82, 2.24) is 4.98 Å². The molecule has 0 saturated heterocycles. The predicted octanol–water partition coefficient (Wildman–Crippen LogP) is 3.20. The zero-order valence-corrected chi connectivity index (χ0v) is 11.5. The number of fused-ring (bicyclic) bond motifs is 1.